The number of carbonyl (C=O) groups is 1. The van der Waals surface area contributed by atoms with Gasteiger partial charge >= 0.3 is 0 Å². The van der Waals surface area contributed by atoms with E-state index in [4.69, 9.17) is 10.8 Å². The van der Waals surface area contributed by atoms with Crippen LogP contribution in [0.3, 0.4) is 0 Å². The quantitative estimate of drug-likeness (QED) is 0.232. The summed E-state index contributed by atoms with van der Waals surface area (Å²) in [6, 6.07) is 24.3. The number of halogens is 2. The monoisotopic (exact) mass is 598 g/mol. The fraction of sp³-hybridized carbons (Fsp3) is 0.194. The number of benzene rings is 3. The number of anilines is 2. The summed E-state index contributed by atoms with van der Waals surface area (Å²) in [5.74, 6) is 0.422. The maximum Gasteiger partial charge on any atom is 0.259 e. The van der Waals surface area contributed by atoms with Gasteiger partial charge in [-0.3, -0.25) is 4.79 Å². The lowest BCUT2D eigenvalue weighted by molar-refractivity contribution is 0.0713. The zero-order chi connectivity index (χ0) is 27.6. The normalized spacial score (nSPS) is 14.0. The van der Waals surface area contributed by atoms with Crippen molar-refractivity contribution >= 4 is 39.0 Å². The molecule has 0 aliphatic carbocycles. The number of amides is 1. The van der Waals surface area contributed by atoms with Gasteiger partial charge in [0.25, 0.3) is 5.91 Å². The Bertz CT molecular complexity index is 1660. The van der Waals surface area contributed by atoms with Crippen LogP contribution in [0.5, 0.6) is 0 Å². The summed E-state index contributed by atoms with van der Waals surface area (Å²) < 4.78 is 16.0. The van der Waals surface area contributed by atoms with Crippen molar-refractivity contribution in [2.45, 2.75) is 25.3 Å². The Morgan fingerprint density at radius 1 is 1.00 bits per heavy atom. The number of nitrogens with one attached hydrogen (secondary N) is 1. The number of hydrogen-bond acceptors (Lipinski definition) is 5. The summed E-state index contributed by atoms with van der Waals surface area (Å²) >= 11 is 3.69. The number of likely N-dealkylation sites (tertiary alicyclic amines) is 1. The molecule has 9 heteroatoms. The number of nitrogens with zero attached hydrogens (tertiary/aromatic N) is 4. The van der Waals surface area contributed by atoms with Crippen LogP contribution < -0.4 is 11.1 Å². The van der Waals surface area contributed by atoms with Gasteiger partial charge in [-0.25, -0.2) is 9.37 Å². The second-order valence-electron chi connectivity index (χ2n) is 9.89. The summed E-state index contributed by atoms with van der Waals surface area (Å²) in [7, 11) is 0. The molecule has 0 unspecified atom stereocenters. The molecule has 0 radical (unpaired) electrons. The molecule has 1 saturated heterocycles. The first-order valence-electron chi connectivity index (χ1n) is 13.3. The zero-order valence-corrected chi connectivity index (χ0v) is 23.3. The number of aromatic nitrogens is 3. The number of rotatable bonds is 6. The highest BCUT2D eigenvalue weighted by Gasteiger charge is 2.28. The SMILES string of the molecule is NCc1ccccc1-c1nn2c(Nc3ccc(F)cc3)c(C(=O)N3CCC(c4ccccc4)CC3)cnc2c1Br. The van der Waals surface area contributed by atoms with E-state index in [0.717, 1.165) is 24.0 Å². The summed E-state index contributed by atoms with van der Waals surface area (Å²) in [5, 5.41) is 8.21. The largest absolute Gasteiger partial charge is 0.339 e. The van der Waals surface area contributed by atoms with Crippen LogP contribution in [0.25, 0.3) is 16.9 Å². The molecule has 1 aliphatic heterocycles. The average Bonchev–Trinajstić information content (AvgIpc) is 3.35. The number of piperidine rings is 1. The van der Waals surface area contributed by atoms with E-state index in [-0.39, 0.29) is 11.7 Å². The van der Waals surface area contributed by atoms with Gasteiger partial charge in [0, 0.05) is 37.1 Å². The summed E-state index contributed by atoms with van der Waals surface area (Å²) in [6.07, 6.45) is 3.37. The maximum atomic E-state index is 13.9. The van der Waals surface area contributed by atoms with E-state index in [2.05, 4.69) is 50.5 Å². The van der Waals surface area contributed by atoms with Crippen molar-refractivity contribution in [1.82, 2.24) is 19.5 Å². The van der Waals surface area contributed by atoms with Crippen LogP contribution in [0, 0.1) is 5.82 Å². The lowest BCUT2D eigenvalue weighted by atomic mass is 9.89. The summed E-state index contributed by atoms with van der Waals surface area (Å²) in [6.45, 7) is 1.64. The van der Waals surface area contributed by atoms with Crippen molar-refractivity contribution in [1.29, 1.82) is 0 Å². The van der Waals surface area contributed by atoms with Crippen LogP contribution in [0.2, 0.25) is 0 Å². The first-order valence-corrected chi connectivity index (χ1v) is 14.0. The van der Waals surface area contributed by atoms with Crippen LogP contribution in [0.15, 0.2) is 89.5 Å². The standard InChI is InChI=1S/C31H28BrFN6O/c32-27-28(25-9-5-4-8-22(25)18-34)37-39-29(36-24-12-10-23(33)11-13-24)26(19-35-30(27)39)31(40)38-16-14-21(15-17-38)20-6-2-1-3-7-20/h1-13,19,21,36H,14-18,34H2. The third kappa shape index (κ3) is 4.98. The molecule has 3 heterocycles. The molecule has 5 aromatic rings. The number of fused-ring (bicyclic) bond motifs is 1. The van der Waals surface area contributed by atoms with Gasteiger partial charge in [-0.2, -0.15) is 9.61 Å². The molecule has 202 valence electrons. The molecule has 3 aromatic carbocycles. The molecule has 40 heavy (non-hydrogen) atoms. The molecule has 0 atom stereocenters. The molecule has 1 aliphatic rings. The van der Waals surface area contributed by atoms with Crippen LogP contribution in [0.1, 0.15) is 40.2 Å². The van der Waals surface area contributed by atoms with Gasteiger partial charge in [0.05, 0.1) is 4.47 Å². The van der Waals surface area contributed by atoms with Crippen molar-refractivity contribution < 1.29 is 9.18 Å². The molecule has 1 amide bonds. The molecule has 0 bridgehead atoms. The predicted octanol–water partition coefficient (Wildman–Crippen LogP) is 6.52. The highest BCUT2D eigenvalue weighted by molar-refractivity contribution is 9.10. The van der Waals surface area contributed by atoms with E-state index < -0.39 is 0 Å². The average molecular weight is 600 g/mol. The summed E-state index contributed by atoms with van der Waals surface area (Å²) in [4.78, 5) is 20.5. The first-order chi connectivity index (χ1) is 19.5. The first kappa shape index (κ1) is 26.2. The van der Waals surface area contributed by atoms with Gasteiger partial charge in [-0.05, 0) is 70.1 Å². The number of hydrogen-bond donors (Lipinski definition) is 2. The van der Waals surface area contributed by atoms with Crippen LogP contribution in [0.4, 0.5) is 15.9 Å². The second-order valence-corrected chi connectivity index (χ2v) is 10.7. The van der Waals surface area contributed by atoms with E-state index in [1.54, 1.807) is 22.8 Å². The minimum atomic E-state index is -0.342. The molecular weight excluding hydrogens is 571 g/mol. The Morgan fingerprint density at radius 2 is 1.70 bits per heavy atom. The van der Waals surface area contributed by atoms with Crippen molar-refractivity contribution in [3.05, 3.63) is 112 Å². The van der Waals surface area contributed by atoms with E-state index in [9.17, 15) is 9.18 Å². The van der Waals surface area contributed by atoms with Crippen molar-refractivity contribution in [2.24, 2.45) is 5.73 Å². The third-order valence-electron chi connectivity index (χ3n) is 7.47. The highest BCUT2D eigenvalue weighted by Crippen LogP contribution is 2.36. The van der Waals surface area contributed by atoms with Gasteiger partial charge in [-0.1, -0.05) is 54.6 Å². The topological polar surface area (TPSA) is 88.5 Å². The van der Waals surface area contributed by atoms with E-state index in [1.807, 2.05) is 35.2 Å². The van der Waals surface area contributed by atoms with Crippen LogP contribution >= 0.6 is 15.9 Å². The molecule has 7 nitrogen and oxygen atoms in total. The lowest BCUT2D eigenvalue weighted by Gasteiger charge is -2.32. The maximum absolute atomic E-state index is 13.9. The minimum absolute atomic E-state index is 0.124. The van der Waals surface area contributed by atoms with E-state index >= 15 is 0 Å². The Labute approximate surface area is 240 Å². The van der Waals surface area contributed by atoms with E-state index in [0.29, 0.717) is 58.4 Å². The summed E-state index contributed by atoms with van der Waals surface area (Å²) in [5.41, 5.74) is 11.4. The van der Waals surface area contributed by atoms with Gasteiger partial charge < -0.3 is 16.0 Å². The third-order valence-corrected chi connectivity index (χ3v) is 8.20. The molecular formula is C31H28BrFN6O. The molecule has 2 aromatic heterocycles. The predicted molar refractivity (Wildman–Crippen MR) is 158 cm³/mol. The molecule has 1 fully saturated rings. The molecule has 0 saturated carbocycles. The number of carbonyl (C=O) groups excluding carboxylic acids is 1. The minimum Gasteiger partial charge on any atom is -0.339 e. The van der Waals surface area contributed by atoms with Crippen LogP contribution in [-0.4, -0.2) is 38.5 Å². The fourth-order valence-corrected chi connectivity index (χ4v) is 5.88. The molecule has 3 N–H and O–H groups in total. The van der Waals surface area contributed by atoms with Crippen molar-refractivity contribution in [3.63, 3.8) is 0 Å². The smallest absolute Gasteiger partial charge is 0.259 e. The van der Waals surface area contributed by atoms with Gasteiger partial charge in [-0.15, -0.1) is 0 Å². The van der Waals surface area contributed by atoms with Gasteiger partial charge in [0.1, 0.15) is 22.9 Å². The Morgan fingerprint density at radius 3 is 2.42 bits per heavy atom. The molecule has 0 spiro atoms. The Kier molecular flexibility index (Phi) is 7.32. The second kappa shape index (κ2) is 11.2. The van der Waals surface area contributed by atoms with E-state index in [1.165, 1.54) is 17.7 Å². The van der Waals surface area contributed by atoms with Gasteiger partial charge in [0.2, 0.25) is 0 Å². The Hall–Kier alpha value is -4.08. The highest BCUT2D eigenvalue weighted by atomic mass is 79.9. The fourth-order valence-electron chi connectivity index (χ4n) is 5.32. The van der Waals surface area contributed by atoms with Crippen LogP contribution in [-0.2, 0) is 6.54 Å². The van der Waals surface area contributed by atoms with Crippen molar-refractivity contribution in [2.75, 3.05) is 18.4 Å². The molecule has 6 rings (SSSR count). The van der Waals surface area contributed by atoms with Gasteiger partial charge in [0.15, 0.2) is 5.65 Å². The van der Waals surface area contributed by atoms with Crippen molar-refractivity contribution in [3.8, 4) is 11.3 Å². The number of nitrogens with two attached hydrogens (primary N) is 1. The zero-order valence-electron chi connectivity index (χ0n) is 21.7. The lowest BCUT2D eigenvalue weighted by Crippen LogP contribution is -2.38. The Balaban J connectivity index is 1.39.